The average molecular weight is 304 g/mol. The first-order valence-corrected chi connectivity index (χ1v) is 6.93. The van der Waals surface area contributed by atoms with E-state index < -0.39 is 0 Å². The fraction of sp³-hybridized carbons (Fsp3) is 0.188. The first kappa shape index (κ1) is 13.8. The van der Waals surface area contributed by atoms with Crippen LogP contribution in [0, 0.1) is 0 Å². The third kappa shape index (κ3) is 2.54. The minimum atomic E-state index is -0.203. The molecule has 0 N–H and O–H groups in total. The number of hydrogen-bond donors (Lipinski definition) is 0. The Bertz CT molecular complexity index is 776. The van der Waals surface area contributed by atoms with Gasteiger partial charge in [-0.15, -0.1) is 0 Å². The standard InChI is InChI=1S/C16H14ClNO3/c1-10(13-4-3-7-20-13)18(2)16(19)15-9-11-8-12(17)5-6-14(11)21-15/h3-10H,1-2H3. The van der Waals surface area contributed by atoms with E-state index in [1.807, 2.05) is 13.0 Å². The number of amides is 1. The maximum atomic E-state index is 12.5. The summed E-state index contributed by atoms with van der Waals surface area (Å²) in [6.07, 6.45) is 1.59. The second kappa shape index (κ2) is 5.30. The Hall–Kier alpha value is -2.20. The van der Waals surface area contributed by atoms with Crippen molar-refractivity contribution in [3.63, 3.8) is 0 Å². The van der Waals surface area contributed by atoms with Crippen molar-refractivity contribution in [1.82, 2.24) is 4.90 Å². The molecule has 1 aromatic carbocycles. The van der Waals surface area contributed by atoms with Crippen LogP contribution in [0.25, 0.3) is 11.0 Å². The molecule has 1 amide bonds. The highest BCUT2D eigenvalue weighted by Crippen LogP contribution is 2.26. The lowest BCUT2D eigenvalue weighted by Gasteiger charge is -2.22. The van der Waals surface area contributed by atoms with Crippen molar-refractivity contribution < 1.29 is 13.6 Å². The Kier molecular flexibility index (Phi) is 3.47. The smallest absolute Gasteiger partial charge is 0.289 e. The molecule has 0 fully saturated rings. The van der Waals surface area contributed by atoms with E-state index in [0.717, 1.165) is 11.1 Å². The van der Waals surface area contributed by atoms with Gasteiger partial charge in [0.25, 0.3) is 5.91 Å². The van der Waals surface area contributed by atoms with Crippen molar-refractivity contribution in [2.75, 3.05) is 7.05 Å². The number of carbonyl (C=O) groups excluding carboxylic acids is 1. The summed E-state index contributed by atoms with van der Waals surface area (Å²) in [7, 11) is 1.72. The van der Waals surface area contributed by atoms with E-state index in [4.69, 9.17) is 20.4 Å². The molecular formula is C16H14ClNO3. The molecule has 3 aromatic rings. The van der Waals surface area contributed by atoms with E-state index in [0.29, 0.717) is 10.6 Å². The topological polar surface area (TPSA) is 46.6 Å². The summed E-state index contributed by atoms with van der Waals surface area (Å²) >= 11 is 5.94. The zero-order chi connectivity index (χ0) is 15.0. The van der Waals surface area contributed by atoms with Crippen LogP contribution in [0.2, 0.25) is 5.02 Å². The van der Waals surface area contributed by atoms with E-state index in [2.05, 4.69) is 0 Å². The number of halogens is 1. The molecule has 3 rings (SSSR count). The summed E-state index contributed by atoms with van der Waals surface area (Å²) in [5, 5.41) is 1.42. The second-order valence-electron chi connectivity index (χ2n) is 4.90. The maximum absolute atomic E-state index is 12.5. The fourth-order valence-corrected chi connectivity index (χ4v) is 2.37. The predicted molar refractivity (Wildman–Crippen MR) is 80.4 cm³/mol. The molecule has 5 heteroatoms. The molecule has 0 bridgehead atoms. The Morgan fingerprint density at radius 3 is 2.81 bits per heavy atom. The molecule has 1 unspecified atom stereocenters. The molecule has 21 heavy (non-hydrogen) atoms. The summed E-state index contributed by atoms with van der Waals surface area (Å²) in [5.74, 6) is 0.810. The quantitative estimate of drug-likeness (QED) is 0.715. The van der Waals surface area contributed by atoms with Crippen LogP contribution in [-0.4, -0.2) is 17.9 Å². The molecule has 0 saturated heterocycles. The molecule has 1 atom stereocenters. The van der Waals surface area contributed by atoms with Crippen LogP contribution in [0.5, 0.6) is 0 Å². The van der Waals surface area contributed by atoms with Crippen LogP contribution < -0.4 is 0 Å². The molecular weight excluding hydrogens is 290 g/mol. The summed E-state index contributed by atoms with van der Waals surface area (Å²) < 4.78 is 10.9. The second-order valence-corrected chi connectivity index (χ2v) is 5.34. The van der Waals surface area contributed by atoms with Crippen molar-refractivity contribution in [3.05, 3.63) is 59.2 Å². The number of carbonyl (C=O) groups is 1. The Labute approximate surface area is 126 Å². The van der Waals surface area contributed by atoms with Crippen LogP contribution in [-0.2, 0) is 0 Å². The largest absolute Gasteiger partial charge is 0.467 e. The molecule has 0 radical (unpaired) electrons. The van der Waals surface area contributed by atoms with Gasteiger partial charge in [0, 0.05) is 17.5 Å². The van der Waals surface area contributed by atoms with Crippen LogP contribution in [0.4, 0.5) is 0 Å². The highest BCUT2D eigenvalue weighted by molar-refractivity contribution is 6.31. The first-order valence-electron chi connectivity index (χ1n) is 6.56. The van der Waals surface area contributed by atoms with E-state index in [9.17, 15) is 4.79 Å². The van der Waals surface area contributed by atoms with Gasteiger partial charge in [0.1, 0.15) is 11.3 Å². The summed E-state index contributed by atoms with van der Waals surface area (Å²) in [6, 6.07) is 10.4. The van der Waals surface area contributed by atoms with Gasteiger partial charge in [-0.1, -0.05) is 11.6 Å². The van der Waals surface area contributed by atoms with E-state index in [-0.39, 0.29) is 17.7 Å². The number of furan rings is 2. The van der Waals surface area contributed by atoms with Gasteiger partial charge in [0.15, 0.2) is 5.76 Å². The molecule has 0 spiro atoms. The van der Waals surface area contributed by atoms with Gasteiger partial charge in [-0.05, 0) is 43.3 Å². The van der Waals surface area contributed by atoms with Crippen molar-refractivity contribution in [2.45, 2.75) is 13.0 Å². The number of nitrogens with zero attached hydrogens (tertiary/aromatic N) is 1. The lowest BCUT2D eigenvalue weighted by atomic mass is 10.2. The van der Waals surface area contributed by atoms with Crippen LogP contribution >= 0.6 is 11.6 Å². The minimum absolute atomic E-state index is 0.177. The molecule has 2 aromatic heterocycles. The van der Waals surface area contributed by atoms with Crippen LogP contribution in [0.15, 0.2) is 51.5 Å². The van der Waals surface area contributed by atoms with Crippen molar-refractivity contribution >= 4 is 28.5 Å². The lowest BCUT2D eigenvalue weighted by molar-refractivity contribution is 0.0696. The molecule has 4 nitrogen and oxygen atoms in total. The third-order valence-corrected chi connectivity index (χ3v) is 3.78. The lowest BCUT2D eigenvalue weighted by Crippen LogP contribution is -2.29. The van der Waals surface area contributed by atoms with Crippen molar-refractivity contribution in [2.24, 2.45) is 0 Å². The first-order chi connectivity index (χ1) is 10.1. The molecule has 0 saturated carbocycles. The van der Waals surface area contributed by atoms with Crippen LogP contribution in [0.3, 0.4) is 0 Å². The van der Waals surface area contributed by atoms with Gasteiger partial charge < -0.3 is 13.7 Å². The van der Waals surface area contributed by atoms with Crippen molar-refractivity contribution in [3.8, 4) is 0 Å². The molecule has 0 aliphatic rings. The fourth-order valence-electron chi connectivity index (χ4n) is 2.19. The predicted octanol–water partition coefficient (Wildman–Crippen LogP) is 4.51. The van der Waals surface area contributed by atoms with E-state index >= 15 is 0 Å². The number of rotatable bonds is 3. The average Bonchev–Trinajstić information content (AvgIpc) is 3.13. The minimum Gasteiger partial charge on any atom is -0.467 e. The molecule has 0 aliphatic carbocycles. The Morgan fingerprint density at radius 2 is 2.10 bits per heavy atom. The molecule has 2 heterocycles. The van der Waals surface area contributed by atoms with E-state index in [1.165, 1.54) is 0 Å². The summed E-state index contributed by atoms with van der Waals surface area (Å²) in [5.41, 5.74) is 0.641. The van der Waals surface area contributed by atoms with Gasteiger partial charge in [-0.2, -0.15) is 0 Å². The van der Waals surface area contributed by atoms with Crippen LogP contribution in [0.1, 0.15) is 29.3 Å². The Morgan fingerprint density at radius 1 is 1.29 bits per heavy atom. The SMILES string of the molecule is CC(c1ccco1)N(C)C(=O)c1cc2cc(Cl)ccc2o1. The number of hydrogen-bond acceptors (Lipinski definition) is 3. The summed E-state index contributed by atoms with van der Waals surface area (Å²) in [6.45, 7) is 1.90. The normalized spacial score (nSPS) is 12.5. The highest BCUT2D eigenvalue weighted by Gasteiger charge is 2.23. The summed E-state index contributed by atoms with van der Waals surface area (Å²) in [4.78, 5) is 14.1. The van der Waals surface area contributed by atoms with E-state index in [1.54, 1.807) is 48.5 Å². The zero-order valence-corrected chi connectivity index (χ0v) is 12.4. The Balaban J connectivity index is 1.89. The maximum Gasteiger partial charge on any atom is 0.289 e. The van der Waals surface area contributed by atoms with Crippen molar-refractivity contribution in [1.29, 1.82) is 0 Å². The molecule has 0 aliphatic heterocycles. The van der Waals surface area contributed by atoms with Gasteiger partial charge in [0.05, 0.1) is 12.3 Å². The highest BCUT2D eigenvalue weighted by atomic mass is 35.5. The van der Waals surface area contributed by atoms with Gasteiger partial charge in [-0.3, -0.25) is 4.79 Å². The van der Waals surface area contributed by atoms with Gasteiger partial charge >= 0.3 is 0 Å². The van der Waals surface area contributed by atoms with Gasteiger partial charge in [-0.25, -0.2) is 0 Å². The third-order valence-electron chi connectivity index (χ3n) is 3.55. The number of benzene rings is 1. The zero-order valence-electron chi connectivity index (χ0n) is 11.7. The number of fused-ring (bicyclic) bond motifs is 1. The molecule has 108 valence electrons. The van der Waals surface area contributed by atoms with Gasteiger partial charge in [0.2, 0.25) is 0 Å². The monoisotopic (exact) mass is 303 g/mol.